The molecule has 160 valence electrons. The second kappa shape index (κ2) is 9.68. The number of carbonyl (C=O) groups excluding carboxylic acids is 2. The van der Waals surface area contributed by atoms with E-state index >= 15 is 0 Å². The summed E-state index contributed by atoms with van der Waals surface area (Å²) in [5.74, 6) is -0.599. The SMILES string of the molecule is C=CCNS(=O)(=O)c1cccc(C(=O)Nc2cnn(CC(=O)NC3CCCC3)c2)c1. The lowest BCUT2D eigenvalue weighted by molar-refractivity contribution is -0.122. The molecule has 0 aliphatic heterocycles. The third-order valence-corrected chi connectivity index (χ3v) is 6.16. The Morgan fingerprint density at radius 3 is 2.77 bits per heavy atom. The quantitative estimate of drug-likeness (QED) is 0.521. The van der Waals surface area contributed by atoms with Crippen molar-refractivity contribution in [2.75, 3.05) is 11.9 Å². The molecule has 0 saturated heterocycles. The van der Waals surface area contributed by atoms with Crippen LogP contribution in [0.1, 0.15) is 36.0 Å². The molecule has 3 N–H and O–H groups in total. The van der Waals surface area contributed by atoms with Gasteiger partial charge in [0.25, 0.3) is 5.91 Å². The Labute approximate surface area is 175 Å². The second-order valence-electron chi connectivity index (χ2n) is 7.10. The molecule has 0 spiro atoms. The molecular formula is C20H25N5O4S. The Hall–Kier alpha value is -2.98. The van der Waals surface area contributed by atoms with E-state index in [1.807, 2.05) is 0 Å². The van der Waals surface area contributed by atoms with Gasteiger partial charge in [0, 0.05) is 24.3 Å². The summed E-state index contributed by atoms with van der Waals surface area (Å²) in [6.07, 6.45) is 8.70. The van der Waals surface area contributed by atoms with Gasteiger partial charge in [0.1, 0.15) is 6.54 Å². The molecule has 1 heterocycles. The van der Waals surface area contributed by atoms with Crippen LogP contribution in [-0.4, -0.2) is 42.6 Å². The van der Waals surface area contributed by atoms with Gasteiger partial charge in [0.05, 0.1) is 16.8 Å². The van der Waals surface area contributed by atoms with Crippen LogP contribution in [0.3, 0.4) is 0 Å². The van der Waals surface area contributed by atoms with Crippen molar-refractivity contribution in [3.63, 3.8) is 0 Å². The number of carbonyl (C=O) groups is 2. The molecule has 0 bridgehead atoms. The van der Waals surface area contributed by atoms with Crippen molar-refractivity contribution < 1.29 is 18.0 Å². The predicted molar refractivity (Wildman–Crippen MR) is 112 cm³/mol. The molecule has 1 aromatic heterocycles. The highest BCUT2D eigenvalue weighted by Crippen LogP contribution is 2.17. The monoisotopic (exact) mass is 431 g/mol. The molecule has 2 aromatic rings. The van der Waals surface area contributed by atoms with Crippen molar-refractivity contribution in [1.82, 2.24) is 19.8 Å². The number of aromatic nitrogens is 2. The first kappa shape index (κ1) is 21.7. The number of hydrogen-bond acceptors (Lipinski definition) is 5. The zero-order valence-electron chi connectivity index (χ0n) is 16.5. The van der Waals surface area contributed by atoms with Crippen LogP contribution < -0.4 is 15.4 Å². The highest BCUT2D eigenvalue weighted by molar-refractivity contribution is 7.89. The number of rotatable bonds is 9. The molecule has 3 rings (SSSR count). The summed E-state index contributed by atoms with van der Waals surface area (Å²) in [5.41, 5.74) is 0.593. The van der Waals surface area contributed by atoms with E-state index in [9.17, 15) is 18.0 Å². The van der Waals surface area contributed by atoms with Crippen molar-refractivity contribution in [3.05, 3.63) is 54.9 Å². The third-order valence-electron chi connectivity index (χ3n) is 4.74. The summed E-state index contributed by atoms with van der Waals surface area (Å²) in [5, 5.41) is 9.74. The number of amides is 2. The van der Waals surface area contributed by atoms with E-state index in [2.05, 4.69) is 27.0 Å². The number of nitrogens with zero attached hydrogens (tertiary/aromatic N) is 2. The van der Waals surface area contributed by atoms with Gasteiger partial charge in [0.2, 0.25) is 15.9 Å². The van der Waals surface area contributed by atoms with Crippen molar-refractivity contribution in [2.24, 2.45) is 0 Å². The standard InChI is InChI=1S/C20H25N5O4S/c1-2-10-22-30(28,29)18-9-5-6-15(11-18)20(27)24-17-12-21-25(13-17)14-19(26)23-16-7-3-4-8-16/h2,5-6,9,11-13,16,22H,1,3-4,7-8,10,14H2,(H,23,26)(H,24,27). The number of hydrogen-bond donors (Lipinski definition) is 3. The fourth-order valence-electron chi connectivity index (χ4n) is 3.26. The normalized spacial score (nSPS) is 14.4. The van der Waals surface area contributed by atoms with E-state index in [1.54, 1.807) is 6.20 Å². The van der Waals surface area contributed by atoms with Crippen LogP contribution in [0.4, 0.5) is 5.69 Å². The van der Waals surface area contributed by atoms with Crippen molar-refractivity contribution in [2.45, 2.75) is 43.2 Å². The predicted octanol–water partition coefficient (Wildman–Crippen LogP) is 1.66. The molecule has 0 radical (unpaired) electrons. The molecule has 1 fully saturated rings. The number of sulfonamides is 1. The molecule has 9 nitrogen and oxygen atoms in total. The number of nitrogens with one attached hydrogen (secondary N) is 3. The maximum atomic E-state index is 12.5. The van der Waals surface area contributed by atoms with Crippen LogP contribution in [0, 0.1) is 0 Å². The van der Waals surface area contributed by atoms with E-state index in [0.717, 1.165) is 25.7 Å². The lowest BCUT2D eigenvalue weighted by Crippen LogP contribution is -2.35. The van der Waals surface area contributed by atoms with Crippen molar-refractivity contribution in [1.29, 1.82) is 0 Å². The highest BCUT2D eigenvalue weighted by atomic mass is 32.2. The van der Waals surface area contributed by atoms with Gasteiger partial charge in [-0.2, -0.15) is 5.10 Å². The minimum absolute atomic E-state index is 0.0173. The number of benzene rings is 1. The topological polar surface area (TPSA) is 122 Å². The van der Waals surface area contributed by atoms with Gasteiger partial charge in [-0.05, 0) is 31.0 Å². The van der Waals surface area contributed by atoms with Crippen molar-refractivity contribution in [3.8, 4) is 0 Å². The summed E-state index contributed by atoms with van der Waals surface area (Å²) >= 11 is 0. The van der Waals surface area contributed by atoms with E-state index < -0.39 is 15.9 Å². The molecule has 1 aliphatic carbocycles. The van der Waals surface area contributed by atoms with Crippen LogP contribution in [0.25, 0.3) is 0 Å². The van der Waals surface area contributed by atoms with Gasteiger partial charge in [-0.1, -0.05) is 25.0 Å². The minimum Gasteiger partial charge on any atom is -0.352 e. The summed E-state index contributed by atoms with van der Waals surface area (Å²) in [6, 6.07) is 5.94. The first-order valence-corrected chi connectivity index (χ1v) is 11.2. The Morgan fingerprint density at radius 2 is 2.03 bits per heavy atom. The maximum Gasteiger partial charge on any atom is 0.255 e. The van der Waals surface area contributed by atoms with Gasteiger partial charge >= 0.3 is 0 Å². The molecule has 1 saturated carbocycles. The zero-order valence-corrected chi connectivity index (χ0v) is 17.3. The van der Waals surface area contributed by atoms with Crippen LogP contribution >= 0.6 is 0 Å². The first-order valence-electron chi connectivity index (χ1n) is 9.71. The highest BCUT2D eigenvalue weighted by Gasteiger charge is 2.18. The summed E-state index contributed by atoms with van der Waals surface area (Å²) in [4.78, 5) is 24.6. The van der Waals surface area contributed by atoms with Crippen LogP contribution in [0.15, 0.2) is 54.2 Å². The van der Waals surface area contributed by atoms with Gasteiger partial charge in [0.15, 0.2) is 0 Å². The summed E-state index contributed by atoms with van der Waals surface area (Å²) < 4.78 is 28.2. The molecule has 1 aliphatic rings. The van der Waals surface area contributed by atoms with Gasteiger partial charge in [-0.25, -0.2) is 13.1 Å². The van der Waals surface area contributed by atoms with Gasteiger partial charge in [-0.3, -0.25) is 14.3 Å². The molecule has 1 aromatic carbocycles. The summed E-state index contributed by atoms with van der Waals surface area (Å²) in [6.45, 7) is 3.63. The van der Waals surface area contributed by atoms with E-state index in [0.29, 0.717) is 5.69 Å². The molecule has 10 heteroatoms. The Kier molecular flexibility index (Phi) is 7.01. The third kappa shape index (κ3) is 5.77. The van der Waals surface area contributed by atoms with Gasteiger partial charge < -0.3 is 10.6 Å². The Morgan fingerprint density at radius 1 is 1.27 bits per heavy atom. The lowest BCUT2D eigenvalue weighted by atomic mass is 10.2. The van der Waals surface area contributed by atoms with E-state index in [-0.39, 0.29) is 35.5 Å². The first-order chi connectivity index (χ1) is 14.4. The van der Waals surface area contributed by atoms with Crippen LogP contribution in [0.5, 0.6) is 0 Å². The largest absolute Gasteiger partial charge is 0.352 e. The minimum atomic E-state index is -3.73. The van der Waals surface area contributed by atoms with E-state index in [1.165, 1.54) is 41.2 Å². The van der Waals surface area contributed by atoms with Crippen molar-refractivity contribution >= 4 is 27.5 Å². The zero-order chi connectivity index (χ0) is 21.6. The summed E-state index contributed by atoms with van der Waals surface area (Å²) in [7, 11) is -3.73. The average Bonchev–Trinajstić information content (AvgIpc) is 3.38. The number of anilines is 1. The Balaban J connectivity index is 1.60. The maximum absolute atomic E-state index is 12.5. The van der Waals surface area contributed by atoms with Gasteiger partial charge in [-0.15, -0.1) is 6.58 Å². The second-order valence-corrected chi connectivity index (χ2v) is 8.86. The van der Waals surface area contributed by atoms with Crippen LogP contribution in [0.2, 0.25) is 0 Å². The fourth-order valence-corrected chi connectivity index (χ4v) is 4.31. The molecular weight excluding hydrogens is 406 g/mol. The molecule has 0 unspecified atom stereocenters. The van der Waals surface area contributed by atoms with Crippen LogP contribution in [-0.2, 0) is 21.4 Å². The molecule has 2 amide bonds. The lowest BCUT2D eigenvalue weighted by Gasteiger charge is -2.11. The smallest absolute Gasteiger partial charge is 0.255 e. The van der Waals surface area contributed by atoms with E-state index in [4.69, 9.17) is 0 Å². The molecule has 0 atom stereocenters. The average molecular weight is 432 g/mol. The molecule has 30 heavy (non-hydrogen) atoms. The Bertz CT molecular complexity index is 1030. The fraction of sp³-hybridized carbons (Fsp3) is 0.350.